The third kappa shape index (κ3) is 9.24. The molecular weight excluding hydrogens is 631 g/mol. The lowest BCUT2D eigenvalue weighted by atomic mass is 9.88. The minimum atomic E-state index is -2.18. The first-order chi connectivity index (χ1) is 21.7. The number of amides is 2. The van der Waals surface area contributed by atoms with Gasteiger partial charge < -0.3 is 20.3 Å². The number of anilines is 2. The van der Waals surface area contributed by atoms with Crippen LogP contribution in [0.3, 0.4) is 0 Å². The van der Waals surface area contributed by atoms with Crippen molar-refractivity contribution < 1.29 is 14.3 Å². The first-order valence-electron chi connectivity index (χ1n) is 15.4. The van der Waals surface area contributed by atoms with Crippen molar-refractivity contribution in [1.29, 1.82) is 0 Å². The fraction of sp³-hybridized carbons (Fsp3) is 0.371. The standard InChI is InChI=1S/C35H39Cl3N4O3/c36-35(37,38)33(44)42(26-39-31-15-7-11-27(23-31)12-8-18-41-19-21-45-22-20-41)34(24-28-9-3-1-4-10-28)17-16-29(25-34)32(43)40-30-13-5-2-6-14-30/h1-7,9-11,13-15,23,25,39H,8,12,16-22,24,26H2,(H,40,43). The number of halogens is 3. The van der Waals surface area contributed by atoms with Crippen molar-refractivity contribution in [2.75, 3.05) is 50.2 Å². The molecule has 3 aromatic carbocycles. The van der Waals surface area contributed by atoms with Crippen molar-refractivity contribution in [3.8, 4) is 0 Å². The van der Waals surface area contributed by atoms with Crippen LogP contribution in [0.15, 0.2) is 96.6 Å². The normalized spacial score (nSPS) is 18.7. The van der Waals surface area contributed by atoms with Crippen molar-refractivity contribution in [3.63, 3.8) is 0 Å². The molecule has 1 fully saturated rings. The van der Waals surface area contributed by atoms with E-state index in [-0.39, 0.29) is 12.6 Å². The summed E-state index contributed by atoms with van der Waals surface area (Å²) < 4.78 is 3.27. The summed E-state index contributed by atoms with van der Waals surface area (Å²) in [6.45, 7) is 4.65. The molecule has 0 saturated carbocycles. The van der Waals surface area contributed by atoms with Crippen LogP contribution in [-0.2, 0) is 27.2 Å². The van der Waals surface area contributed by atoms with Crippen molar-refractivity contribution in [2.24, 2.45) is 0 Å². The molecule has 0 aromatic heterocycles. The number of ether oxygens (including phenoxy) is 1. The molecule has 1 aliphatic heterocycles. The summed E-state index contributed by atoms with van der Waals surface area (Å²) in [6.07, 6.45) is 5.27. The van der Waals surface area contributed by atoms with Crippen LogP contribution in [0.5, 0.6) is 0 Å². The van der Waals surface area contributed by atoms with Crippen molar-refractivity contribution >= 4 is 58.0 Å². The lowest BCUT2D eigenvalue weighted by molar-refractivity contribution is -0.134. The highest BCUT2D eigenvalue weighted by molar-refractivity contribution is 6.76. The molecule has 0 radical (unpaired) electrons. The van der Waals surface area contributed by atoms with Gasteiger partial charge in [0.1, 0.15) is 0 Å². The SMILES string of the molecule is O=C(Nc1ccccc1)C1=CC(Cc2ccccc2)(N(CNc2cccc(CCCN3CCOCC3)c2)C(=O)C(Cl)(Cl)Cl)CC1. The summed E-state index contributed by atoms with van der Waals surface area (Å²) in [5, 5.41) is 6.39. The van der Waals surface area contributed by atoms with Gasteiger partial charge in [0.15, 0.2) is 0 Å². The van der Waals surface area contributed by atoms with Gasteiger partial charge in [0.25, 0.3) is 15.6 Å². The highest BCUT2D eigenvalue weighted by Crippen LogP contribution is 2.41. The number of carbonyl (C=O) groups excluding carboxylic acids is 2. The lowest BCUT2D eigenvalue weighted by Crippen LogP contribution is -2.56. The smallest absolute Gasteiger partial charge is 0.276 e. The second-order valence-electron chi connectivity index (χ2n) is 11.6. The third-order valence-corrected chi connectivity index (χ3v) is 8.87. The van der Waals surface area contributed by atoms with E-state index < -0.39 is 15.2 Å². The van der Waals surface area contributed by atoms with Gasteiger partial charge in [-0.05, 0) is 80.1 Å². The van der Waals surface area contributed by atoms with Gasteiger partial charge in [-0.25, -0.2) is 0 Å². The second-order valence-corrected chi connectivity index (χ2v) is 13.9. The van der Waals surface area contributed by atoms with E-state index in [2.05, 4.69) is 27.7 Å². The summed E-state index contributed by atoms with van der Waals surface area (Å²) in [7, 11) is 0. The number of morpholine rings is 1. The number of nitrogens with one attached hydrogen (secondary N) is 2. The number of hydrogen-bond donors (Lipinski definition) is 2. The molecule has 1 aliphatic carbocycles. The Labute approximate surface area is 280 Å². The molecule has 238 valence electrons. The summed E-state index contributed by atoms with van der Waals surface area (Å²) in [5.41, 5.74) is 3.44. The first-order valence-corrected chi connectivity index (χ1v) is 16.5. The number of para-hydroxylation sites is 1. The Morgan fingerprint density at radius 1 is 0.889 bits per heavy atom. The van der Waals surface area contributed by atoms with Gasteiger partial charge in [-0.3, -0.25) is 14.5 Å². The van der Waals surface area contributed by atoms with Gasteiger partial charge in [-0.1, -0.05) is 95.5 Å². The summed E-state index contributed by atoms with van der Waals surface area (Å²) in [6, 6.07) is 27.3. The summed E-state index contributed by atoms with van der Waals surface area (Å²) >= 11 is 18.8. The highest BCUT2D eigenvalue weighted by atomic mass is 35.6. The van der Waals surface area contributed by atoms with Crippen LogP contribution in [0.4, 0.5) is 11.4 Å². The fourth-order valence-electron chi connectivity index (χ4n) is 6.05. The molecule has 3 aromatic rings. The van der Waals surface area contributed by atoms with Gasteiger partial charge >= 0.3 is 0 Å². The molecule has 10 heteroatoms. The van der Waals surface area contributed by atoms with E-state index in [0.717, 1.165) is 56.9 Å². The molecule has 1 saturated heterocycles. The molecule has 5 rings (SSSR count). The zero-order valence-electron chi connectivity index (χ0n) is 25.2. The predicted octanol–water partition coefficient (Wildman–Crippen LogP) is 6.86. The Morgan fingerprint density at radius 2 is 1.56 bits per heavy atom. The Hall–Kier alpha value is -3.07. The molecule has 0 spiro atoms. The van der Waals surface area contributed by atoms with Gasteiger partial charge in [-0.15, -0.1) is 0 Å². The zero-order chi connectivity index (χ0) is 31.7. The molecule has 0 bridgehead atoms. The predicted molar refractivity (Wildman–Crippen MR) is 183 cm³/mol. The van der Waals surface area contributed by atoms with Crippen molar-refractivity contribution in [1.82, 2.24) is 9.80 Å². The minimum Gasteiger partial charge on any atom is -0.379 e. The second kappa shape index (κ2) is 15.5. The Kier molecular flexibility index (Phi) is 11.5. The number of nitrogens with zero attached hydrogens (tertiary/aromatic N) is 2. The largest absolute Gasteiger partial charge is 0.379 e. The van der Waals surface area contributed by atoms with Gasteiger partial charge in [0.2, 0.25) is 0 Å². The van der Waals surface area contributed by atoms with E-state index >= 15 is 0 Å². The van der Waals surface area contributed by atoms with Crippen LogP contribution in [0, 0.1) is 0 Å². The maximum atomic E-state index is 13.8. The number of rotatable bonds is 12. The molecule has 1 atom stereocenters. The highest BCUT2D eigenvalue weighted by Gasteiger charge is 2.47. The van der Waals surface area contributed by atoms with E-state index in [9.17, 15) is 9.59 Å². The van der Waals surface area contributed by atoms with Crippen LogP contribution >= 0.6 is 34.8 Å². The number of carbonyl (C=O) groups is 2. The monoisotopic (exact) mass is 668 g/mol. The summed E-state index contributed by atoms with van der Waals surface area (Å²) in [5.74, 6) is -0.867. The molecular formula is C35H39Cl3N4O3. The van der Waals surface area contributed by atoms with E-state index in [1.807, 2.05) is 78.9 Å². The van der Waals surface area contributed by atoms with E-state index in [1.165, 1.54) is 5.56 Å². The number of hydrogen-bond acceptors (Lipinski definition) is 5. The maximum Gasteiger partial charge on any atom is 0.276 e. The molecule has 2 aliphatic rings. The average Bonchev–Trinajstić information content (AvgIpc) is 3.47. The van der Waals surface area contributed by atoms with E-state index in [4.69, 9.17) is 39.5 Å². The molecule has 45 heavy (non-hydrogen) atoms. The van der Waals surface area contributed by atoms with Crippen LogP contribution < -0.4 is 10.6 Å². The quantitative estimate of drug-likeness (QED) is 0.163. The molecule has 1 unspecified atom stereocenters. The van der Waals surface area contributed by atoms with Crippen LogP contribution in [0.25, 0.3) is 0 Å². The summed E-state index contributed by atoms with van der Waals surface area (Å²) in [4.78, 5) is 31.2. The minimum absolute atomic E-state index is 0.0842. The van der Waals surface area contributed by atoms with Crippen LogP contribution in [0.1, 0.15) is 30.4 Å². The van der Waals surface area contributed by atoms with E-state index in [1.54, 1.807) is 4.90 Å². The fourth-order valence-corrected chi connectivity index (χ4v) is 6.36. The van der Waals surface area contributed by atoms with Gasteiger partial charge in [-0.2, -0.15) is 0 Å². The number of alkyl halides is 3. The molecule has 1 heterocycles. The van der Waals surface area contributed by atoms with Gasteiger partial charge in [0, 0.05) is 30.0 Å². The van der Waals surface area contributed by atoms with E-state index in [0.29, 0.717) is 30.5 Å². The Morgan fingerprint density at radius 3 is 2.27 bits per heavy atom. The average molecular weight is 670 g/mol. The zero-order valence-corrected chi connectivity index (χ0v) is 27.5. The van der Waals surface area contributed by atoms with Crippen LogP contribution in [-0.4, -0.2) is 70.5 Å². The topological polar surface area (TPSA) is 73.9 Å². The number of benzene rings is 3. The van der Waals surface area contributed by atoms with Crippen molar-refractivity contribution in [2.45, 2.75) is 41.4 Å². The molecule has 2 amide bonds. The van der Waals surface area contributed by atoms with Crippen molar-refractivity contribution in [3.05, 3.63) is 108 Å². The Balaban J connectivity index is 1.37. The Bertz CT molecular complexity index is 1460. The van der Waals surface area contributed by atoms with Crippen LogP contribution in [0.2, 0.25) is 0 Å². The number of aryl methyl sites for hydroxylation is 1. The lowest BCUT2D eigenvalue weighted by Gasteiger charge is -2.42. The van der Waals surface area contributed by atoms with Gasteiger partial charge in [0.05, 0.1) is 25.4 Å². The first kappa shape index (κ1) is 33.3. The molecule has 7 nitrogen and oxygen atoms in total. The maximum absolute atomic E-state index is 13.8. The third-order valence-electron chi connectivity index (χ3n) is 8.38. The molecule has 2 N–H and O–H groups in total.